The van der Waals surface area contributed by atoms with Gasteiger partial charge < -0.3 is 5.32 Å². The number of fused-ring (bicyclic) bond motifs is 2. The summed E-state index contributed by atoms with van der Waals surface area (Å²) in [6, 6.07) is 9.98. The Labute approximate surface area is 90.9 Å². The van der Waals surface area contributed by atoms with Crippen molar-refractivity contribution < 1.29 is 4.79 Å². The van der Waals surface area contributed by atoms with E-state index in [2.05, 4.69) is 16.4 Å². The fourth-order valence-electron chi connectivity index (χ4n) is 1.61. The summed E-state index contributed by atoms with van der Waals surface area (Å²) in [5.41, 5.74) is 0.916. The maximum atomic E-state index is 11.2. The minimum atomic E-state index is 0.0234. The van der Waals surface area contributed by atoms with E-state index in [1.54, 1.807) is 0 Å². The number of thioether (sulfide) groups is 1. The number of para-hydroxylation sites is 1. The van der Waals surface area contributed by atoms with E-state index in [1.165, 1.54) is 11.8 Å². The molecule has 3 rings (SSSR count). The van der Waals surface area contributed by atoms with Gasteiger partial charge in [0.2, 0.25) is 5.91 Å². The van der Waals surface area contributed by atoms with Gasteiger partial charge in [-0.25, -0.2) is 4.98 Å². The molecule has 2 heterocycles. The summed E-state index contributed by atoms with van der Waals surface area (Å²) in [7, 11) is 0. The SMILES string of the molecule is O=C1CSc2cc3ccccc3nc2N1. The normalized spacial score (nSPS) is 14.8. The van der Waals surface area contributed by atoms with E-state index < -0.39 is 0 Å². The standard InChI is InChI=1S/C11H8N2OS/c14-10-6-15-9-5-7-3-1-2-4-8(7)12-11(9)13-10/h1-5H,6H2,(H,12,13,14). The van der Waals surface area contributed by atoms with E-state index in [4.69, 9.17) is 0 Å². The van der Waals surface area contributed by atoms with Gasteiger partial charge in [-0.05, 0) is 12.1 Å². The van der Waals surface area contributed by atoms with Crippen molar-refractivity contribution in [1.29, 1.82) is 0 Å². The molecule has 1 aromatic heterocycles. The Morgan fingerprint density at radius 2 is 2.20 bits per heavy atom. The Morgan fingerprint density at radius 3 is 3.13 bits per heavy atom. The fraction of sp³-hybridized carbons (Fsp3) is 0.0909. The van der Waals surface area contributed by atoms with Crippen LogP contribution in [0.25, 0.3) is 10.9 Å². The molecule has 74 valence electrons. The van der Waals surface area contributed by atoms with Crippen molar-refractivity contribution in [2.45, 2.75) is 4.90 Å². The molecule has 1 aromatic carbocycles. The van der Waals surface area contributed by atoms with Gasteiger partial charge in [0.25, 0.3) is 0 Å². The number of rotatable bonds is 0. The third-order valence-electron chi connectivity index (χ3n) is 2.31. The zero-order valence-corrected chi connectivity index (χ0v) is 8.67. The van der Waals surface area contributed by atoms with Crippen molar-refractivity contribution >= 4 is 34.4 Å². The first kappa shape index (κ1) is 8.73. The molecule has 0 unspecified atom stereocenters. The molecule has 0 atom stereocenters. The van der Waals surface area contributed by atoms with Crippen LogP contribution in [0, 0.1) is 0 Å². The predicted molar refractivity (Wildman–Crippen MR) is 61.1 cm³/mol. The molecule has 1 aliphatic rings. The predicted octanol–water partition coefficient (Wildman–Crippen LogP) is 2.28. The minimum absolute atomic E-state index is 0.0234. The molecular formula is C11H8N2OS. The lowest BCUT2D eigenvalue weighted by atomic mass is 10.2. The largest absolute Gasteiger partial charge is 0.309 e. The maximum absolute atomic E-state index is 11.2. The molecule has 0 saturated heterocycles. The van der Waals surface area contributed by atoms with E-state index in [0.29, 0.717) is 11.6 Å². The number of nitrogens with one attached hydrogen (secondary N) is 1. The summed E-state index contributed by atoms with van der Waals surface area (Å²) in [4.78, 5) is 16.7. The number of benzene rings is 1. The molecule has 0 radical (unpaired) electrons. The van der Waals surface area contributed by atoms with Crippen LogP contribution in [0.2, 0.25) is 0 Å². The van der Waals surface area contributed by atoms with Crippen LogP contribution < -0.4 is 5.32 Å². The van der Waals surface area contributed by atoms with Gasteiger partial charge in [-0.2, -0.15) is 0 Å². The monoisotopic (exact) mass is 216 g/mol. The van der Waals surface area contributed by atoms with E-state index in [1.807, 2.05) is 24.3 Å². The van der Waals surface area contributed by atoms with Gasteiger partial charge in [0, 0.05) is 5.39 Å². The van der Waals surface area contributed by atoms with Crippen molar-refractivity contribution in [3.05, 3.63) is 30.3 Å². The van der Waals surface area contributed by atoms with Gasteiger partial charge >= 0.3 is 0 Å². The molecule has 1 N–H and O–H groups in total. The quantitative estimate of drug-likeness (QED) is 0.734. The number of aromatic nitrogens is 1. The van der Waals surface area contributed by atoms with Crippen LogP contribution in [0.4, 0.5) is 5.82 Å². The summed E-state index contributed by atoms with van der Waals surface area (Å²) in [6.45, 7) is 0. The first-order chi connectivity index (χ1) is 7.33. The van der Waals surface area contributed by atoms with Crippen molar-refractivity contribution in [2.24, 2.45) is 0 Å². The number of anilines is 1. The lowest BCUT2D eigenvalue weighted by Crippen LogP contribution is -2.19. The maximum Gasteiger partial charge on any atom is 0.235 e. The third-order valence-corrected chi connectivity index (χ3v) is 3.33. The van der Waals surface area contributed by atoms with Crippen LogP contribution in [0.5, 0.6) is 0 Å². The van der Waals surface area contributed by atoms with Gasteiger partial charge in [-0.3, -0.25) is 4.79 Å². The average Bonchev–Trinajstić information content (AvgIpc) is 2.26. The number of hydrogen-bond donors (Lipinski definition) is 1. The Morgan fingerprint density at radius 1 is 1.33 bits per heavy atom. The second-order valence-corrected chi connectivity index (χ2v) is 4.38. The van der Waals surface area contributed by atoms with Crippen molar-refractivity contribution in [2.75, 3.05) is 11.1 Å². The molecule has 0 aliphatic carbocycles. The molecule has 4 heteroatoms. The number of nitrogens with zero attached hydrogens (tertiary/aromatic N) is 1. The summed E-state index contributed by atoms with van der Waals surface area (Å²) in [5.74, 6) is 1.19. The van der Waals surface area contributed by atoms with Crippen LogP contribution in [-0.4, -0.2) is 16.6 Å². The number of carbonyl (C=O) groups excluding carboxylic acids is 1. The summed E-state index contributed by atoms with van der Waals surface area (Å²) in [6.07, 6.45) is 0. The summed E-state index contributed by atoms with van der Waals surface area (Å²) in [5, 5.41) is 3.89. The van der Waals surface area contributed by atoms with Crippen molar-refractivity contribution in [3.63, 3.8) is 0 Å². The highest BCUT2D eigenvalue weighted by molar-refractivity contribution is 8.00. The van der Waals surface area contributed by atoms with E-state index in [-0.39, 0.29) is 5.91 Å². The molecule has 3 nitrogen and oxygen atoms in total. The molecule has 0 saturated carbocycles. The summed E-state index contributed by atoms with van der Waals surface area (Å²) >= 11 is 1.54. The molecule has 15 heavy (non-hydrogen) atoms. The van der Waals surface area contributed by atoms with Gasteiger partial charge in [0.05, 0.1) is 16.2 Å². The first-order valence-corrected chi connectivity index (χ1v) is 5.64. The highest BCUT2D eigenvalue weighted by Gasteiger charge is 2.16. The number of amides is 1. The number of hydrogen-bond acceptors (Lipinski definition) is 3. The minimum Gasteiger partial charge on any atom is -0.309 e. The second kappa shape index (κ2) is 3.24. The van der Waals surface area contributed by atoms with Crippen molar-refractivity contribution in [3.8, 4) is 0 Å². The zero-order valence-electron chi connectivity index (χ0n) is 7.86. The van der Waals surface area contributed by atoms with Gasteiger partial charge in [0.15, 0.2) is 0 Å². The second-order valence-electron chi connectivity index (χ2n) is 3.36. The molecule has 1 amide bonds. The van der Waals surface area contributed by atoms with Crippen LogP contribution in [0.15, 0.2) is 35.2 Å². The fourth-order valence-corrected chi connectivity index (χ4v) is 2.41. The summed E-state index contributed by atoms with van der Waals surface area (Å²) < 4.78 is 0. The molecular weight excluding hydrogens is 208 g/mol. The van der Waals surface area contributed by atoms with Crippen LogP contribution in [0.3, 0.4) is 0 Å². The van der Waals surface area contributed by atoms with E-state index >= 15 is 0 Å². The lowest BCUT2D eigenvalue weighted by Gasteiger charge is -2.15. The average molecular weight is 216 g/mol. The van der Waals surface area contributed by atoms with Gasteiger partial charge in [0.1, 0.15) is 5.82 Å². The smallest absolute Gasteiger partial charge is 0.235 e. The Balaban J connectivity index is 2.24. The zero-order chi connectivity index (χ0) is 10.3. The van der Waals surface area contributed by atoms with Crippen molar-refractivity contribution in [1.82, 2.24) is 4.98 Å². The van der Waals surface area contributed by atoms with Gasteiger partial charge in [-0.15, -0.1) is 11.8 Å². The van der Waals surface area contributed by atoms with Crippen LogP contribution in [0.1, 0.15) is 0 Å². The van der Waals surface area contributed by atoms with E-state index in [0.717, 1.165) is 15.8 Å². The third kappa shape index (κ3) is 1.47. The molecule has 2 aromatic rings. The Bertz CT molecular complexity index is 553. The molecule has 0 fully saturated rings. The van der Waals surface area contributed by atoms with E-state index in [9.17, 15) is 4.79 Å². The molecule has 1 aliphatic heterocycles. The van der Waals surface area contributed by atoms with Crippen LogP contribution >= 0.6 is 11.8 Å². The van der Waals surface area contributed by atoms with Gasteiger partial charge in [-0.1, -0.05) is 18.2 Å². The van der Waals surface area contributed by atoms with Crippen LogP contribution in [-0.2, 0) is 4.79 Å². The topological polar surface area (TPSA) is 42.0 Å². The molecule has 0 bridgehead atoms. The highest BCUT2D eigenvalue weighted by Crippen LogP contribution is 2.32. The number of carbonyl (C=O) groups is 1. The number of pyridine rings is 1. The highest BCUT2D eigenvalue weighted by atomic mass is 32.2. The Hall–Kier alpha value is -1.55. The first-order valence-electron chi connectivity index (χ1n) is 4.65. The lowest BCUT2D eigenvalue weighted by molar-refractivity contribution is -0.113. The molecule has 0 spiro atoms. The Kier molecular flexibility index (Phi) is 1.89.